The van der Waals surface area contributed by atoms with E-state index >= 15 is 0 Å². The molecule has 2 aromatic rings. The molecular weight excluding hydrogens is 244 g/mol. The fourth-order valence-electron chi connectivity index (χ4n) is 2.90. The number of benzene rings is 2. The van der Waals surface area contributed by atoms with Crippen molar-refractivity contribution in [1.29, 1.82) is 0 Å². The molecule has 0 aromatic heterocycles. The molecule has 0 aliphatic carbocycles. The summed E-state index contributed by atoms with van der Waals surface area (Å²) in [5, 5.41) is 3.30. The van der Waals surface area contributed by atoms with E-state index in [1.54, 1.807) is 0 Å². The van der Waals surface area contributed by atoms with Crippen molar-refractivity contribution in [2.45, 2.75) is 25.4 Å². The van der Waals surface area contributed by atoms with Crippen molar-refractivity contribution in [3.05, 3.63) is 70.8 Å². The summed E-state index contributed by atoms with van der Waals surface area (Å²) in [6.07, 6.45) is 0. The van der Waals surface area contributed by atoms with Crippen molar-refractivity contribution >= 4 is 0 Å². The first-order valence-electron chi connectivity index (χ1n) is 6.43. The van der Waals surface area contributed by atoms with Crippen LogP contribution in [0.4, 0.5) is 8.78 Å². The molecular formula is C16H15F2N. The normalized spacial score (nSPS) is 22.1. The van der Waals surface area contributed by atoms with Crippen molar-refractivity contribution in [2.75, 3.05) is 0 Å². The average Bonchev–Trinajstić information content (AvgIpc) is 2.44. The highest BCUT2D eigenvalue weighted by Crippen LogP contribution is 2.38. The van der Waals surface area contributed by atoms with Gasteiger partial charge in [-0.05, 0) is 23.3 Å². The lowest BCUT2D eigenvalue weighted by Crippen LogP contribution is -2.32. The SMILES string of the molecule is CC1c2c(F)ccc(F)c2CNC1c1ccccc1. The topological polar surface area (TPSA) is 12.0 Å². The minimum atomic E-state index is -0.331. The highest BCUT2D eigenvalue weighted by molar-refractivity contribution is 5.38. The monoisotopic (exact) mass is 259 g/mol. The van der Waals surface area contributed by atoms with Crippen LogP contribution in [0, 0.1) is 11.6 Å². The number of hydrogen-bond acceptors (Lipinski definition) is 1. The van der Waals surface area contributed by atoms with Gasteiger partial charge in [-0.2, -0.15) is 0 Å². The highest BCUT2D eigenvalue weighted by atomic mass is 19.1. The van der Waals surface area contributed by atoms with E-state index in [4.69, 9.17) is 0 Å². The van der Waals surface area contributed by atoms with Gasteiger partial charge in [-0.25, -0.2) is 8.78 Å². The molecule has 0 spiro atoms. The van der Waals surface area contributed by atoms with Crippen LogP contribution in [0.3, 0.4) is 0 Å². The minimum Gasteiger partial charge on any atom is -0.305 e. The quantitative estimate of drug-likeness (QED) is 0.818. The molecule has 2 unspecified atom stereocenters. The molecule has 2 aromatic carbocycles. The van der Waals surface area contributed by atoms with Crippen LogP contribution in [0.25, 0.3) is 0 Å². The fraction of sp³-hybridized carbons (Fsp3) is 0.250. The lowest BCUT2D eigenvalue weighted by molar-refractivity contribution is 0.404. The summed E-state index contributed by atoms with van der Waals surface area (Å²) in [4.78, 5) is 0. The molecule has 0 saturated heterocycles. The lowest BCUT2D eigenvalue weighted by Gasteiger charge is -2.33. The van der Waals surface area contributed by atoms with E-state index in [1.165, 1.54) is 12.1 Å². The van der Waals surface area contributed by atoms with Crippen LogP contribution < -0.4 is 5.32 Å². The molecule has 0 bridgehead atoms. The summed E-state index contributed by atoms with van der Waals surface area (Å²) < 4.78 is 27.7. The third-order valence-corrected chi connectivity index (χ3v) is 3.86. The van der Waals surface area contributed by atoms with Crippen molar-refractivity contribution in [3.8, 4) is 0 Å². The molecule has 1 aliphatic heterocycles. The predicted octanol–water partition coefficient (Wildman–Crippen LogP) is 3.91. The third kappa shape index (κ3) is 2.04. The van der Waals surface area contributed by atoms with Gasteiger partial charge >= 0.3 is 0 Å². The fourth-order valence-corrected chi connectivity index (χ4v) is 2.90. The van der Waals surface area contributed by atoms with Crippen LogP contribution in [0.15, 0.2) is 42.5 Å². The van der Waals surface area contributed by atoms with Gasteiger partial charge < -0.3 is 5.32 Å². The molecule has 0 radical (unpaired) electrons. The van der Waals surface area contributed by atoms with E-state index in [0.717, 1.165) is 5.56 Å². The third-order valence-electron chi connectivity index (χ3n) is 3.86. The molecule has 1 nitrogen and oxygen atoms in total. The summed E-state index contributed by atoms with van der Waals surface area (Å²) >= 11 is 0. The number of nitrogens with one attached hydrogen (secondary N) is 1. The lowest BCUT2D eigenvalue weighted by atomic mass is 9.82. The van der Waals surface area contributed by atoms with Gasteiger partial charge in [0.2, 0.25) is 0 Å². The van der Waals surface area contributed by atoms with Crippen molar-refractivity contribution in [1.82, 2.24) is 5.32 Å². The second-order valence-electron chi connectivity index (χ2n) is 4.98. The first-order chi connectivity index (χ1) is 9.18. The summed E-state index contributed by atoms with van der Waals surface area (Å²) in [5.74, 6) is -0.740. The van der Waals surface area contributed by atoms with Gasteiger partial charge in [0, 0.05) is 24.1 Å². The maximum atomic E-state index is 14.0. The Morgan fingerprint density at radius 1 is 1.00 bits per heavy atom. The van der Waals surface area contributed by atoms with Crippen LogP contribution in [0.5, 0.6) is 0 Å². The van der Waals surface area contributed by atoms with Gasteiger partial charge in [-0.3, -0.25) is 0 Å². The second kappa shape index (κ2) is 4.74. The number of fused-ring (bicyclic) bond motifs is 1. The Morgan fingerprint density at radius 3 is 2.42 bits per heavy atom. The van der Waals surface area contributed by atoms with E-state index in [-0.39, 0.29) is 23.6 Å². The predicted molar refractivity (Wildman–Crippen MR) is 70.8 cm³/mol. The van der Waals surface area contributed by atoms with Crippen molar-refractivity contribution in [2.24, 2.45) is 0 Å². The Labute approximate surface area is 111 Å². The summed E-state index contributed by atoms with van der Waals surface area (Å²) in [6, 6.07) is 12.3. The largest absolute Gasteiger partial charge is 0.305 e. The summed E-state index contributed by atoms with van der Waals surface area (Å²) in [6.45, 7) is 2.30. The van der Waals surface area contributed by atoms with E-state index in [9.17, 15) is 8.78 Å². The number of hydrogen-bond donors (Lipinski definition) is 1. The maximum absolute atomic E-state index is 14.0. The van der Waals surface area contributed by atoms with Crippen LogP contribution in [-0.2, 0) is 6.54 Å². The number of rotatable bonds is 1. The molecule has 3 heteroatoms. The molecule has 19 heavy (non-hydrogen) atoms. The van der Waals surface area contributed by atoms with Crippen LogP contribution in [0.2, 0.25) is 0 Å². The summed E-state index contributed by atoms with van der Waals surface area (Å²) in [7, 11) is 0. The second-order valence-corrected chi connectivity index (χ2v) is 4.98. The zero-order valence-corrected chi connectivity index (χ0v) is 10.7. The highest BCUT2D eigenvalue weighted by Gasteiger charge is 2.30. The van der Waals surface area contributed by atoms with Crippen molar-refractivity contribution < 1.29 is 8.78 Å². The van der Waals surface area contributed by atoms with Crippen LogP contribution >= 0.6 is 0 Å². The molecule has 1 heterocycles. The van der Waals surface area contributed by atoms with E-state index in [0.29, 0.717) is 17.7 Å². The van der Waals surface area contributed by atoms with Gasteiger partial charge in [0.05, 0.1) is 0 Å². The minimum absolute atomic E-state index is 0.0185. The molecule has 1 N–H and O–H groups in total. The molecule has 0 saturated carbocycles. The van der Waals surface area contributed by atoms with Crippen LogP contribution in [0.1, 0.15) is 35.6 Å². The molecule has 3 rings (SSSR count). The van der Waals surface area contributed by atoms with Crippen LogP contribution in [-0.4, -0.2) is 0 Å². The van der Waals surface area contributed by atoms with Gasteiger partial charge in [-0.1, -0.05) is 37.3 Å². The number of halogens is 2. The van der Waals surface area contributed by atoms with E-state index in [1.807, 2.05) is 37.3 Å². The zero-order chi connectivity index (χ0) is 13.4. The van der Waals surface area contributed by atoms with Gasteiger partial charge in [0.25, 0.3) is 0 Å². The van der Waals surface area contributed by atoms with E-state index < -0.39 is 0 Å². The van der Waals surface area contributed by atoms with E-state index in [2.05, 4.69) is 5.32 Å². The van der Waals surface area contributed by atoms with Gasteiger partial charge in [0.15, 0.2) is 0 Å². The average molecular weight is 259 g/mol. The first-order valence-corrected chi connectivity index (χ1v) is 6.43. The molecule has 0 amide bonds. The zero-order valence-electron chi connectivity index (χ0n) is 10.7. The molecule has 98 valence electrons. The Bertz CT molecular complexity index is 595. The Hall–Kier alpha value is -1.74. The molecule has 1 aliphatic rings. The Kier molecular flexibility index (Phi) is 3.07. The smallest absolute Gasteiger partial charge is 0.128 e. The van der Waals surface area contributed by atoms with Gasteiger partial charge in [-0.15, -0.1) is 0 Å². The standard InChI is InChI=1S/C16H15F2N/c1-10-15-12(13(17)7-8-14(15)18)9-19-16(10)11-5-3-2-4-6-11/h2-8,10,16,19H,9H2,1H3. The summed E-state index contributed by atoms with van der Waals surface area (Å²) in [5.41, 5.74) is 2.07. The molecule has 0 fully saturated rings. The van der Waals surface area contributed by atoms with Crippen molar-refractivity contribution in [3.63, 3.8) is 0 Å². The first kappa shape index (κ1) is 12.3. The Morgan fingerprint density at radius 2 is 1.68 bits per heavy atom. The molecule has 2 atom stereocenters. The Balaban J connectivity index is 2.05. The van der Waals surface area contributed by atoms with Gasteiger partial charge in [0.1, 0.15) is 11.6 Å². The maximum Gasteiger partial charge on any atom is 0.128 e.